The minimum absolute atomic E-state index is 0.0226. The highest BCUT2D eigenvalue weighted by Crippen LogP contribution is 2.26. The molecule has 0 atom stereocenters. The number of hydrogen-bond donors (Lipinski definition) is 2. The van der Waals surface area contributed by atoms with Gasteiger partial charge in [0, 0.05) is 29.2 Å². The van der Waals surface area contributed by atoms with Gasteiger partial charge in [0.2, 0.25) is 15.9 Å². The van der Waals surface area contributed by atoms with Crippen LogP contribution in [0.5, 0.6) is 0 Å². The largest absolute Gasteiger partial charge is 0.326 e. The molecule has 0 unspecified atom stereocenters. The first-order valence-corrected chi connectivity index (χ1v) is 15.7. The van der Waals surface area contributed by atoms with E-state index in [1.165, 1.54) is 28.6 Å². The van der Waals surface area contributed by atoms with Gasteiger partial charge < -0.3 is 5.32 Å². The summed E-state index contributed by atoms with van der Waals surface area (Å²) in [6.45, 7) is 0.526. The molecule has 0 saturated carbocycles. The summed E-state index contributed by atoms with van der Waals surface area (Å²) >= 11 is 9.39. The molecule has 1 saturated heterocycles. The molecule has 0 bridgehead atoms. The smallest absolute Gasteiger partial charge is 0.261 e. The van der Waals surface area contributed by atoms with Crippen molar-refractivity contribution in [3.63, 3.8) is 0 Å². The van der Waals surface area contributed by atoms with Crippen LogP contribution >= 0.6 is 27.5 Å². The number of hydrogen-bond acceptors (Lipinski definition) is 5. The number of para-hydroxylation sites is 1. The van der Waals surface area contributed by atoms with Gasteiger partial charge in [-0.05, 0) is 66.9 Å². The summed E-state index contributed by atoms with van der Waals surface area (Å²) < 4.78 is 55.7. The number of carbonyl (C=O) groups excluding carboxylic acids is 1. The fraction of sp³-hybridized carbons (Fsp3) is 0.240. The van der Waals surface area contributed by atoms with Crippen molar-refractivity contribution < 1.29 is 21.6 Å². The number of benzene rings is 3. The Hall–Kier alpha value is -2.44. The molecule has 1 amide bonds. The van der Waals surface area contributed by atoms with Gasteiger partial charge in [-0.1, -0.05) is 51.8 Å². The summed E-state index contributed by atoms with van der Waals surface area (Å²) in [5.41, 5.74) is 1.42. The molecular formula is C25H25BrClN3O5S2. The van der Waals surface area contributed by atoms with E-state index in [0.29, 0.717) is 24.1 Å². The number of halogens is 2. The molecule has 1 fully saturated rings. The topological polar surface area (TPSA) is 113 Å². The third-order valence-corrected chi connectivity index (χ3v) is 10.1. The Morgan fingerprint density at radius 3 is 2.27 bits per heavy atom. The number of anilines is 2. The number of piperidine rings is 1. The monoisotopic (exact) mass is 625 g/mol. The molecule has 1 aliphatic rings. The highest BCUT2D eigenvalue weighted by Gasteiger charge is 2.31. The van der Waals surface area contributed by atoms with Crippen LogP contribution in [0.25, 0.3) is 0 Å². The summed E-state index contributed by atoms with van der Waals surface area (Å²) in [7, 11) is -7.35. The van der Waals surface area contributed by atoms with Crippen molar-refractivity contribution in [2.24, 2.45) is 5.92 Å². The summed E-state index contributed by atoms with van der Waals surface area (Å²) in [5.74, 6) is -0.666. The Bertz CT molecular complexity index is 1490. The van der Waals surface area contributed by atoms with E-state index in [1.54, 1.807) is 42.5 Å². The van der Waals surface area contributed by atoms with E-state index < -0.39 is 20.0 Å². The Morgan fingerprint density at radius 2 is 1.62 bits per heavy atom. The van der Waals surface area contributed by atoms with Gasteiger partial charge in [0.05, 0.1) is 21.4 Å². The second-order valence-corrected chi connectivity index (χ2v) is 13.6. The lowest BCUT2D eigenvalue weighted by atomic mass is 9.97. The van der Waals surface area contributed by atoms with Crippen molar-refractivity contribution in [1.82, 2.24) is 4.31 Å². The number of nitrogens with zero attached hydrogens (tertiary/aromatic N) is 1. The zero-order valence-corrected chi connectivity index (χ0v) is 23.6. The van der Waals surface area contributed by atoms with Crippen LogP contribution in [-0.4, -0.2) is 40.1 Å². The highest BCUT2D eigenvalue weighted by molar-refractivity contribution is 9.10. The minimum atomic E-state index is -3.86. The summed E-state index contributed by atoms with van der Waals surface area (Å²) in [6.07, 6.45) is 0.801. The van der Waals surface area contributed by atoms with Gasteiger partial charge >= 0.3 is 0 Å². The van der Waals surface area contributed by atoms with E-state index >= 15 is 0 Å². The summed E-state index contributed by atoms with van der Waals surface area (Å²) in [5, 5.41) is 3.08. The molecule has 3 aromatic carbocycles. The van der Waals surface area contributed by atoms with Crippen molar-refractivity contribution in [2.45, 2.75) is 23.5 Å². The van der Waals surface area contributed by atoms with Crippen LogP contribution in [0, 0.1) is 5.92 Å². The molecule has 12 heteroatoms. The van der Waals surface area contributed by atoms with E-state index in [9.17, 15) is 21.6 Å². The fourth-order valence-electron chi connectivity index (χ4n) is 4.03. The lowest BCUT2D eigenvalue weighted by molar-refractivity contribution is -0.120. The Kier molecular flexibility index (Phi) is 8.59. The predicted octanol–water partition coefficient (Wildman–Crippen LogP) is 5.08. The van der Waals surface area contributed by atoms with Crippen LogP contribution in [-0.2, 0) is 30.6 Å². The molecule has 1 aliphatic heterocycles. The number of sulfonamides is 2. The normalized spacial score (nSPS) is 15.3. The maximum absolute atomic E-state index is 12.8. The van der Waals surface area contributed by atoms with Crippen LogP contribution < -0.4 is 10.0 Å². The van der Waals surface area contributed by atoms with Gasteiger partial charge in [0.15, 0.2) is 0 Å². The van der Waals surface area contributed by atoms with E-state index in [2.05, 4.69) is 26.0 Å². The van der Waals surface area contributed by atoms with Crippen LogP contribution in [0.3, 0.4) is 0 Å². The van der Waals surface area contributed by atoms with Crippen LogP contribution in [0.1, 0.15) is 18.4 Å². The molecule has 3 aromatic rings. The molecule has 0 aliphatic carbocycles. The first-order valence-electron chi connectivity index (χ1n) is 11.4. The third kappa shape index (κ3) is 7.11. The number of carbonyl (C=O) groups is 1. The fourth-order valence-corrected chi connectivity index (χ4v) is 7.35. The Labute approximate surface area is 230 Å². The van der Waals surface area contributed by atoms with E-state index in [-0.39, 0.29) is 46.3 Å². The number of amides is 1. The third-order valence-electron chi connectivity index (χ3n) is 6.01. The van der Waals surface area contributed by atoms with E-state index in [0.717, 1.165) is 4.47 Å². The molecule has 0 radical (unpaired) electrons. The average Bonchev–Trinajstić information content (AvgIpc) is 2.85. The van der Waals surface area contributed by atoms with Gasteiger partial charge in [-0.2, -0.15) is 0 Å². The second-order valence-electron chi connectivity index (χ2n) is 8.66. The van der Waals surface area contributed by atoms with Gasteiger partial charge in [-0.3, -0.25) is 9.52 Å². The molecule has 8 nitrogen and oxygen atoms in total. The molecule has 1 heterocycles. The van der Waals surface area contributed by atoms with Gasteiger partial charge in [-0.15, -0.1) is 0 Å². The maximum atomic E-state index is 12.8. The molecule has 0 spiro atoms. The quantitative estimate of drug-likeness (QED) is 0.362. The number of nitrogens with one attached hydrogen (secondary N) is 2. The van der Waals surface area contributed by atoms with E-state index in [4.69, 9.17) is 11.6 Å². The first kappa shape index (κ1) is 27.6. The van der Waals surface area contributed by atoms with Crippen LogP contribution in [0.4, 0.5) is 11.4 Å². The maximum Gasteiger partial charge on any atom is 0.261 e. The van der Waals surface area contributed by atoms with Gasteiger partial charge in [0.1, 0.15) is 0 Å². The lowest BCUT2D eigenvalue weighted by Crippen LogP contribution is -2.41. The Balaban J connectivity index is 1.32. The van der Waals surface area contributed by atoms with Gasteiger partial charge in [-0.25, -0.2) is 21.1 Å². The molecule has 4 rings (SSSR count). The standard InChI is InChI=1S/C25H25BrClN3O5S2/c26-20-5-3-4-18(16-20)17-36(32,33)30-14-12-19(13-15-30)25(31)28-21-8-10-22(11-9-21)37(34,35)29-24-7-2-1-6-23(24)27/h1-11,16,19,29H,12-15,17H2,(H,28,31). The second kappa shape index (κ2) is 11.5. The zero-order chi connectivity index (χ0) is 26.6. The first-order chi connectivity index (χ1) is 17.5. The minimum Gasteiger partial charge on any atom is -0.326 e. The Morgan fingerprint density at radius 1 is 0.946 bits per heavy atom. The predicted molar refractivity (Wildman–Crippen MR) is 148 cm³/mol. The summed E-state index contributed by atoms with van der Waals surface area (Å²) in [6, 6.07) is 19.5. The van der Waals surface area contributed by atoms with Crippen molar-refractivity contribution in [3.8, 4) is 0 Å². The van der Waals surface area contributed by atoms with Crippen molar-refractivity contribution in [2.75, 3.05) is 23.1 Å². The molecule has 37 heavy (non-hydrogen) atoms. The molecular weight excluding hydrogens is 602 g/mol. The summed E-state index contributed by atoms with van der Waals surface area (Å²) in [4.78, 5) is 12.8. The lowest BCUT2D eigenvalue weighted by Gasteiger charge is -2.30. The van der Waals surface area contributed by atoms with Crippen molar-refractivity contribution >= 4 is 64.9 Å². The molecule has 0 aromatic heterocycles. The average molecular weight is 627 g/mol. The highest BCUT2D eigenvalue weighted by atomic mass is 79.9. The zero-order valence-electron chi connectivity index (χ0n) is 19.6. The molecule has 196 valence electrons. The number of rotatable bonds is 8. The molecule has 2 N–H and O–H groups in total. The SMILES string of the molecule is O=C(Nc1ccc(S(=O)(=O)Nc2ccccc2Cl)cc1)C1CCN(S(=O)(=O)Cc2cccc(Br)c2)CC1. The van der Waals surface area contributed by atoms with Crippen LogP contribution in [0.2, 0.25) is 5.02 Å². The van der Waals surface area contributed by atoms with Crippen molar-refractivity contribution in [3.05, 3.63) is 87.9 Å². The van der Waals surface area contributed by atoms with E-state index in [1.807, 2.05) is 6.07 Å². The van der Waals surface area contributed by atoms with Crippen molar-refractivity contribution in [1.29, 1.82) is 0 Å². The van der Waals surface area contributed by atoms with Gasteiger partial charge in [0.25, 0.3) is 10.0 Å². The van der Waals surface area contributed by atoms with Crippen LogP contribution in [0.15, 0.2) is 82.2 Å².